The van der Waals surface area contributed by atoms with Gasteiger partial charge in [0.2, 0.25) is 10.0 Å². The minimum atomic E-state index is -3.83. The van der Waals surface area contributed by atoms with E-state index in [2.05, 4.69) is 9.08 Å². The van der Waals surface area contributed by atoms with Crippen molar-refractivity contribution in [1.29, 1.82) is 0 Å². The van der Waals surface area contributed by atoms with Gasteiger partial charge in [0.25, 0.3) is 0 Å². The first-order valence-corrected chi connectivity index (χ1v) is 14.6. The molecule has 0 radical (unpaired) electrons. The predicted octanol–water partition coefficient (Wildman–Crippen LogP) is 4.65. The van der Waals surface area contributed by atoms with Gasteiger partial charge in [-0.3, -0.25) is 4.79 Å². The Kier molecular flexibility index (Phi) is 9.70. The molecule has 9 heteroatoms. The van der Waals surface area contributed by atoms with Crippen LogP contribution in [0.15, 0.2) is 50.6 Å². The summed E-state index contributed by atoms with van der Waals surface area (Å²) >= 11 is 0. The van der Waals surface area contributed by atoms with E-state index < -0.39 is 42.4 Å². The van der Waals surface area contributed by atoms with Gasteiger partial charge in [-0.15, -0.1) is 0 Å². The van der Waals surface area contributed by atoms with Gasteiger partial charge in [0, 0.05) is 18.4 Å². The normalized spacial score (nSPS) is 22.0. The van der Waals surface area contributed by atoms with Crippen LogP contribution < -0.4 is 4.72 Å². The van der Waals surface area contributed by atoms with E-state index in [4.69, 9.17) is 4.74 Å². The van der Waals surface area contributed by atoms with E-state index >= 15 is 0 Å². The molecule has 1 fully saturated rings. The van der Waals surface area contributed by atoms with Gasteiger partial charge >= 0.3 is 5.97 Å². The van der Waals surface area contributed by atoms with Crippen LogP contribution in [0.5, 0.6) is 0 Å². The fourth-order valence-corrected chi connectivity index (χ4v) is 6.51. The summed E-state index contributed by atoms with van der Waals surface area (Å²) in [7, 11) is -5.18. The molecule has 0 amide bonds. The number of sulfonamides is 1. The third-order valence-corrected chi connectivity index (χ3v) is 10.2. The Morgan fingerprint density at radius 2 is 1.79 bits per heavy atom. The number of nitrogens with one attached hydrogen (secondary N) is 1. The topological polar surface area (TPSA) is 102 Å². The minimum Gasteiger partial charge on any atom is -0.465 e. The Labute approximate surface area is 199 Å². The molecule has 0 heterocycles. The summed E-state index contributed by atoms with van der Waals surface area (Å²) in [6.07, 6.45) is 4.95. The number of rotatable bonds is 7. The second-order valence-electron chi connectivity index (χ2n) is 9.28. The first-order valence-electron chi connectivity index (χ1n) is 11.5. The Morgan fingerprint density at radius 3 is 2.36 bits per heavy atom. The first-order chi connectivity index (χ1) is 15.4. The maximum atomic E-state index is 13.8. The van der Waals surface area contributed by atoms with E-state index in [1.807, 2.05) is 18.2 Å². The molecule has 1 aliphatic rings. The SMILES string of the molecule is CCOC(=O)[C@@H](NS(=O)(=O)C(C)(C)C)[C@@H]1CCCCCC/C1=C/S(=O)(=NC)c1ccccc1. The molecule has 3 atom stereocenters. The van der Waals surface area contributed by atoms with Gasteiger partial charge in [-0.2, -0.15) is 4.72 Å². The summed E-state index contributed by atoms with van der Waals surface area (Å²) in [5, 5.41) is 1.68. The lowest BCUT2D eigenvalue weighted by atomic mass is 9.83. The molecular formula is C24H38N2O5S2. The molecule has 1 aliphatic carbocycles. The first kappa shape index (κ1) is 27.5. The average Bonchev–Trinajstić information content (AvgIpc) is 2.74. The van der Waals surface area contributed by atoms with Crippen LogP contribution in [0.2, 0.25) is 0 Å². The highest BCUT2D eigenvalue weighted by atomic mass is 32.2. The molecule has 1 aromatic rings. The molecule has 186 valence electrons. The van der Waals surface area contributed by atoms with Crippen LogP contribution in [0.4, 0.5) is 0 Å². The third kappa shape index (κ3) is 7.13. The van der Waals surface area contributed by atoms with Crippen molar-refractivity contribution in [3.05, 3.63) is 41.3 Å². The summed E-state index contributed by atoms with van der Waals surface area (Å²) in [5.74, 6) is -1.07. The molecule has 1 saturated carbocycles. The molecule has 0 aliphatic heterocycles. The number of carbonyl (C=O) groups is 1. The van der Waals surface area contributed by atoms with E-state index in [0.717, 1.165) is 31.3 Å². The molecule has 7 nitrogen and oxygen atoms in total. The van der Waals surface area contributed by atoms with Crippen molar-refractivity contribution in [1.82, 2.24) is 4.72 Å². The Balaban J connectivity index is 2.62. The van der Waals surface area contributed by atoms with E-state index in [0.29, 0.717) is 17.7 Å². The van der Waals surface area contributed by atoms with E-state index in [9.17, 15) is 17.4 Å². The number of hydrogen-bond donors (Lipinski definition) is 1. The number of carbonyl (C=O) groups excluding carboxylic acids is 1. The number of ether oxygens (including phenoxy) is 1. The fraction of sp³-hybridized carbons (Fsp3) is 0.625. The predicted molar refractivity (Wildman–Crippen MR) is 133 cm³/mol. The van der Waals surface area contributed by atoms with Crippen LogP contribution in [-0.2, 0) is 29.3 Å². The molecule has 1 N–H and O–H groups in total. The van der Waals surface area contributed by atoms with Gasteiger partial charge in [0.05, 0.1) is 26.0 Å². The second-order valence-corrected chi connectivity index (χ2v) is 14.0. The van der Waals surface area contributed by atoms with E-state index in [1.54, 1.807) is 45.2 Å². The largest absolute Gasteiger partial charge is 0.465 e. The maximum absolute atomic E-state index is 13.8. The zero-order valence-electron chi connectivity index (χ0n) is 20.4. The number of benzene rings is 1. The molecule has 1 unspecified atom stereocenters. The molecule has 0 saturated heterocycles. The monoisotopic (exact) mass is 498 g/mol. The van der Waals surface area contributed by atoms with Crippen LogP contribution in [0.1, 0.15) is 66.2 Å². The molecule has 0 aromatic heterocycles. The molecular weight excluding hydrogens is 460 g/mol. The zero-order chi connectivity index (χ0) is 24.7. The van der Waals surface area contributed by atoms with Gasteiger partial charge in [-0.05, 0) is 59.1 Å². The summed E-state index contributed by atoms with van der Waals surface area (Å²) in [4.78, 5) is 13.6. The van der Waals surface area contributed by atoms with Crippen LogP contribution in [-0.4, -0.2) is 43.0 Å². The summed E-state index contributed by atoms with van der Waals surface area (Å²) in [6, 6.07) is 7.93. The van der Waals surface area contributed by atoms with Crippen molar-refractivity contribution in [3.63, 3.8) is 0 Å². The fourth-order valence-electron chi connectivity index (χ4n) is 3.86. The third-order valence-electron chi connectivity index (χ3n) is 5.90. The number of esters is 1. The quantitative estimate of drug-likeness (QED) is 0.552. The maximum Gasteiger partial charge on any atom is 0.324 e. The number of hydrogen-bond acceptors (Lipinski definition) is 6. The standard InChI is InChI=1S/C24H38N2O5S2/c1-6-31-23(27)22(26-33(29,30)24(2,3)4)21-17-13-8-7-10-14-19(21)18-32(28,25-5)20-15-11-9-12-16-20/h9,11-12,15-16,18,21-22,26H,6-8,10,13-14,17H2,1-5H3/b19-18-/t21-,22+,32?/m1/s1. The molecule has 1 aromatic carbocycles. The highest BCUT2D eigenvalue weighted by Crippen LogP contribution is 2.33. The van der Waals surface area contributed by atoms with Crippen LogP contribution >= 0.6 is 0 Å². The Morgan fingerprint density at radius 1 is 1.15 bits per heavy atom. The van der Waals surface area contributed by atoms with Crippen molar-refractivity contribution in [3.8, 4) is 0 Å². The lowest BCUT2D eigenvalue weighted by Gasteiger charge is -2.32. The van der Waals surface area contributed by atoms with Crippen molar-refractivity contribution < 1.29 is 22.2 Å². The lowest BCUT2D eigenvalue weighted by Crippen LogP contribution is -2.52. The van der Waals surface area contributed by atoms with Gasteiger partial charge in [-0.1, -0.05) is 43.0 Å². The number of nitrogens with zero attached hydrogens (tertiary/aromatic N) is 1. The molecule has 2 rings (SSSR count). The zero-order valence-corrected chi connectivity index (χ0v) is 22.0. The minimum absolute atomic E-state index is 0.142. The Bertz CT molecular complexity index is 1050. The molecule has 0 bridgehead atoms. The van der Waals surface area contributed by atoms with Gasteiger partial charge in [0.15, 0.2) is 0 Å². The van der Waals surface area contributed by atoms with Gasteiger partial charge < -0.3 is 4.74 Å². The molecule has 0 spiro atoms. The van der Waals surface area contributed by atoms with Crippen LogP contribution in [0, 0.1) is 5.92 Å². The summed E-state index contributed by atoms with van der Waals surface area (Å²) < 4.78 is 50.9. The highest BCUT2D eigenvalue weighted by Gasteiger charge is 2.39. The second kappa shape index (κ2) is 11.6. The molecule has 33 heavy (non-hydrogen) atoms. The van der Waals surface area contributed by atoms with E-state index in [1.165, 1.54) is 7.05 Å². The van der Waals surface area contributed by atoms with Gasteiger partial charge in [0.1, 0.15) is 6.04 Å². The van der Waals surface area contributed by atoms with Crippen molar-refractivity contribution in [2.24, 2.45) is 10.3 Å². The summed E-state index contributed by atoms with van der Waals surface area (Å²) in [5.41, 5.74) is 0.795. The van der Waals surface area contributed by atoms with Gasteiger partial charge in [-0.25, -0.2) is 17.0 Å². The van der Waals surface area contributed by atoms with Crippen molar-refractivity contribution in [2.75, 3.05) is 13.7 Å². The lowest BCUT2D eigenvalue weighted by molar-refractivity contribution is -0.146. The van der Waals surface area contributed by atoms with Crippen molar-refractivity contribution in [2.45, 2.75) is 81.9 Å². The van der Waals surface area contributed by atoms with Crippen molar-refractivity contribution >= 4 is 25.7 Å². The van der Waals surface area contributed by atoms with Crippen LogP contribution in [0.3, 0.4) is 0 Å². The Hall–Kier alpha value is -1.71. The summed E-state index contributed by atoms with van der Waals surface area (Å²) in [6.45, 7) is 6.60. The van der Waals surface area contributed by atoms with E-state index in [-0.39, 0.29) is 6.61 Å². The average molecular weight is 499 g/mol. The highest BCUT2D eigenvalue weighted by molar-refractivity contribution is 7.96. The smallest absolute Gasteiger partial charge is 0.324 e. The van der Waals surface area contributed by atoms with Crippen LogP contribution in [0.25, 0.3) is 0 Å².